The van der Waals surface area contributed by atoms with Gasteiger partial charge in [0.25, 0.3) is 0 Å². The highest BCUT2D eigenvalue weighted by atomic mass is 16.1. The summed E-state index contributed by atoms with van der Waals surface area (Å²) in [6.45, 7) is 0. The number of ketones is 1. The van der Waals surface area contributed by atoms with Gasteiger partial charge in [0.05, 0.1) is 0 Å². The summed E-state index contributed by atoms with van der Waals surface area (Å²) in [5, 5.41) is 4.55. The quantitative estimate of drug-likeness (QED) is 0.433. The summed E-state index contributed by atoms with van der Waals surface area (Å²) in [4.78, 5) is 13.2. The van der Waals surface area contributed by atoms with Crippen molar-refractivity contribution in [1.29, 1.82) is 0 Å². The number of Topliss-reactive ketones (excluding diaryl/α,β-unsaturated/α-hetero) is 1. The van der Waals surface area contributed by atoms with Crippen LogP contribution in [0.15, 0.2) is 54.6 Å². The Hall–Kier alpha value is -2.15. The molecule has 0 radical (unpaired) electrons. The Morgan fingerprint density at radius 1 is 0.773 bits per heavy atom. The van der Waals surface area contributed by atoms with E-state index in [-0.39, 0.29) is 5.92 Å². The van der Waals surface area contributed by atoms with Gasteiger partial charge in [-0.15, -0.1) is 0 Å². The number of hydrogen-bond acceptors (Lipinski definition) is 1. The second kappa shape index (κ2) is 5.57. The topological polar surface area (TPSA) is 17.1 Å². The molecular weight excluding hydrogens is 268 g/mol. The fourth-order valence-electron chi connectivity index (χ4n) is 3.85. The van der Waals surface area contributed by atoms with Crippen molar-refractivity contribution in [3.8, 4) is 0 Å². The van der Waals surface area contributed by atoms with Crippen LogP contribution >= 0.6 is 0 Å². The van der Waals surface area contributed by atoms with Gasteiger partial charge in [0.15, 0.2) is 5.78 Å². The average Bonchev–Trinajstić information content (AvgIpc) is 2.60. The molecule has 0 spiro atoms. The SMILES string of the molecule is O=C(c1c2ccccc2cc2ccccc12)C1CCCCC1. The third kappa shape index (κ3) is 2.21. The van der Waals surface area contributed by atoms with Gasteiger partial charge in [-0.2, -0.15) is 0 Å². The molecule has 0 heterocycles. The minimum Gasteiger partial charge on any atom is -0.294 e. The van der Waals surface area contributed by atoms with E-state index in [0.717, 1.165) is 29.2 Å². The van der Waals surface area contributed by atoms with Crippen molar-refractivity contribution in [1.82, 2.24) is 0 Å². The first-order valence-corrected chi connectivity index (χ1v) is 8.29. The molecule has 1 heteroatoms. The summed E-state index contributed by atoms with van der Waals surface area (Å²) in [6.07, 6.45) is 5.77. The van der Waals surface area contributed by atoms with Crippen molar-refractivity contribution < 1.29 is 4.79 Å². The second-order valence-corrected chi connectivity index (χ2v) is 6.39. The molecule has 1 aliphatic rings. The van der Waals surface area contributed by atoms with Crippen LogP contribution in [0.4, 0.5) is 0 Å². The highest BCUT2D eigenvalue weighted by Gasteiger charge is 2.25. The maximum absolute atomic E-state index is 13.2. The van der Waals surface area contributed by atoms with Gasteiger partial charge in [-0.3, -0.25) is 4.79 Å². The van der Waals surface area contributed by atoms with E-state index in [1.165, 1.54) is 30.0 Å². The smallest absolute Gasteiger partial charge is 0.167 e. The zero-order chi connectivity index (χ0) is 14.9. The number of benzene rings is 3. The summed E-state index contributed by atoms with van der Waals surface area (Å²) in [5.74, 6) is 0.565. The molecule has 22 heavy (non-hydrogen) atoms. The number of carbonyl (C=O) groups is 1. The third-order valence-corrected chi connectivity index (χ3v) is 4.99. The van der Waals surface area contributed by atoms with Crippen LogP contribution in [0.1, 0.15) is 42.5 Å². The van der Waals surface area contributed by atoms with Gasteiger partial charge in [-0.25, -0.2) is 0 Å². The van der Waals surface area contributed by atoms with Crippen LogP contribution in [0, 0.1) is 5.92 Å². The molecule has 3 aromatic carbocycles. The molecule has 0 amide bonds. The molecule has 1 nitrogen and oxygen atoms in total. The molecule has 0 aromatic heterocycles. The predicted molar refractivity (Wildman–Crippen MR) is 92.4 cm³/mol. The first-order valence-electron chi connectivity index (χ1n) is 8.29. The van der Waals surface area contributed by atoms with Gasteiger partial charge >= 0.3 is 0 Å². The summed E-state index contributed by atoms with van der Waals surface area (Å²) in [5.41, 5.74) is 0.945. The van der Waals surface area contributed by atoms with E-state index in [4.69, 9.17) is 0 Å². The molecular formula is C21H20O. The van der Waals surface area contributed by atoms with Crippen LogP contribution in [0.25, 0.3) is 21.5 Å². The van der Waals surface area contributed by atoms with Crippen LogP contribution in [0.3, 0.4) is 0 Å². The number of carbonyl (C=O) groups excluding carboxylic acids is 1. The van der Waals surface area contributed by atoms with Crippen molar-refractivity contribution in [3.05, 3.63) is 60.2 Å². The monoisotopic (exact) mass is 288 g/mol. The Morgan fingerprint density at radius 3 is 1.91 bits per heavy atom. The average molecular weight is 288 g/mol. The van der Waals surface area contributed by atoms with E-state index in [2.05, 4.69) is 30.3 Å². The summed E-state index contributed by atoms with van der Waals surface area (Å²) < 4.78 is 0. The lowest BCUT2D eigenvalue weighted by Crippen LogP contribution is -2.18. The van der Waals surface area contributed by atoms with Gasteiger partial charge in [0.1, 0.15) is 0 Å². The lowest BCUT2D eigenvalue weighted by atomic mass is 9.81. The van der Waals surface area contributed by atoms with Crippen molar-refractivity contribution in [3.63, 3.8) is 0 Å². The second-order valence-electron chi connectivity index (χ2n) is 6.39. The van der Waals surface area contributed by atoms with Crippen LogP contribution in [-0.4, -0.2) is 5.78 Å². The molecule has 0 atom stereocenters. The van der Waals surface area contributed by atoms with Crippen LogP contribution in [0.2, 0.25) is 0 Å². The zero-order valence-electron chi connectivity index (χ0n) is 12.7. The van der Waals surface area contributed by atoms with E-state index in [1.807, 2.05) is 24.3 Å². The van der Waals surface area contributed by atoms with Gasteiger partial charge in [0.2, 0.25) is 0 Å². The van der Waals surface area contributed by atoms with Gasteiger partial charge < -0.3 is 0 Å². The maximum atomic E-state index is 13.2. The third-order valence-electron chi connectivity index (χ3n) is 4.99. The predicted octanol–water partition coefficient (Wildman–Crippen LogP) is 5.76. The van der Waals surface area contributed by atoms with Gasteiger partial charge in [-0.1, -0.05) is 67.8 Å². The summed E-state index contributed by atoms with van der Waals surface area (Å²) in [6, 6.07) is 18.8. The van der Waals surface area contributed by atoms with Crippen molar-refractivity contribution in [2.45, 2.75) is 32.1 Å². The number of rotatable bonds is 2. The fourth-order valence-corrected chi connectivity index (χ4v) is 3.85. The molecule has 1 aliphatic carbocycles. The Bertz CT molecular complexity index is 787. The van der Waals surface area contributed by atoms with Crippen LogP contribution < -0.4 is 0 Å². The number of hydrogen-bond donors (Lipinski definition) is 0. The minimum absolute atomic E-state index is 0.211. The summed E-state index contributed by atoms with van der Waals surface area (Å²) >= 11 is 0. The Kier molecular flexibility index (Phi) is 3.42. The van der Waals surface area contributed by atoms with E-state index >= 15 is 0 Å². The number of fused-ring (bicyclic) bond motifs is 2. The fraction of sp³-hybridized carbons (Fsp3) is 0.286. The van der Waals surface area contributed by atoms with E-state index < -0.39 is 0 Å². The Labute approximate surface area is 131 Å². The molecule has 0 bridgehead atoms. The lowest BCUT2D eigenvalue weighted by Gasteiger charge is -2.22. The standard InChI is InChI=1S/C21H20O/c22-21(15-8-2-1-3-9-15)20-18-12-6-4-10-16(18)14-17-11-5-7-13-19(17)20/h4-7,10-15H,1-3,8-9H2. The Balaban J connectivity index is 1.97. The van der Waals surface area contributed by atoms with Gasteiger partial charge in [-0.05, 0) is 40.5 Å². The zero-order valence-corrected chi connectivity index (χ0v) is 12.7. The molecule has 0 saturated heterocycles. The minimum atomic E-state index is 0.211. The molecule has 4 rings (SSSR count). The van der Waals surface area contributed by atoms with E-state index in [0.29, 0.717) is 5.78 Å². The lowest BCUT2D eigenvalue weighted by molar-refractivity contribution is 0.0893. The first kappa shape index (κ1) is 13.5. The molecule has 0 aliphatic heterocycles. The Morgan fingerprint density at radius 2 is 1.32 bits per heavy atom. The van der Waals surface area contributed by atoms with Crippen molar-refractivity contribution in [2.75, 3.05) is 0 Å². The highest BCUT2D eigenvalue weighted by molar-refractivity contribution is 6.19. The molecule has 3 aromatic rings. The maximum Gasteiger partial charge on any atom is 0.167 e. The molecule has 1 fully saturated rings. The molecule has 110 valence electrons. The largest absolute Gasteiger partial charge is 0.294 e. The van der Waals surface area contributed by atoms with Crippen LogP contribution in [-0.2, 0) is 0 Å². The van der Waals surface area contributed by atoms with Gasteiger partial charge in [0, 0.05) is 11.5 Å². The normalized spacial score (nSPS) is 16.2. The van der Waals surface area contributed by atoms with Crippen molar-refractivity contribution in [2.24, 2.45) is 5.92 Å². The van der Waals surface area contributed by atoms with Crippen molar-refractivity contribution >= 4 is 27.3 Å². The summed E-state index contributed by atoms with van der Waals surface area (Å²) in [7, 11) is 0. The van der Waals surface area contributed by atoms with Crippen LogP contribution in [0.5, 0.6) is 0 Å². The molecule has 1 saturated carbocycles. The van der Waals surface area contributed by atoms with E-state index in [9.17, 15) is 4.79 Å². The first-order chi connectivity index (χ1) is 10.8. The molecule has 0 N–H and O–H groups in total. The van der Waals surface area contributed by atoms with E-state index in [1.54, 1.807) is 0 Å². The molecule has 0 unspecified atom stereocenters. The highest BCUT2D eigenvalue weighted by Crippen LogP contribution is 2.34.